The Bertz CT molecular complexity index is 1350. The molecule has 0 aliphatic heterocycles. The quantitative estimate of drug-likeness (QED) is 0.124. The van der Waals surface area contributed by atoms with E-state index in [1.165, 1.54) is 12.5 Å². The van der Waals surface area contributed by atoms with E-state index in [-0.39, 0.29) is 18.8 Å². The van der Waals surface area contributed by atoms with Crippen LogP contribution in [0.1, 0.15) is 31.5 Å². The summed E-state index contributed by atoms with van der Waals surface area (Å²) in [4.78, 5) is 72.5. The predicted octanol–water partition coefficient (Wildman–Crippen LogP) is -0.926. The first-order valence-corrected chi connectivity index (χ1v) is 12.7. The van der Waals surface area contributed by atoms with Gasteiger partial charge in [-0.2, -0.15) is 0 Å². The molecule has 10 N–H and O–H groups in total. The fourth-order valence-corrected chi connectivity index (χ4v) is 4.07. The van der Waals surface area contributed by atoms with Gasteiger partial charge in [-0.05, 0) is 17.5 Å². The lowest BCUT2D eigenvalue weighted by Gasteiger charge is -2.25. The van der Waals surface area contributed by atoms with Crippen LogP contribution in [0.5, 0.6) is 0 Å². The third-order valence-electron chi connectivity index (χ3n) is 6.38. The van der Waals surface area contributed by atoms with Crippen molar-refractivity contribution in [3.05, 3.63) is 54.2 Å². The van der Waals surface area contributed by atoms with Gasteiger partial charge in [0.1, 0.15) is 18.1 Å². The first-order chi connectivity index (χ1) is 19.0. The average molecular weight is 555 g/mol. The van der Waals surface area contributed by atoms with Crippen molar-refractivity contribution in [3.8, 4) is 0 Å². The molecule has 0 fully saturated rings. The van der Waals surface area contributed by atoms with Crippen molar-refractivity contribution < 1.29 is 29.1 Å². The van der Waals surface area contributed by atoms with E-state index in [9.17, 15) is 29.1 Å². The third kappa shape index (κ3) is 7.89. The van der Waals surface area contributed by atoms with E-state index in [4.69, 9.17) is 11.5 Å². The Labute approximate surface area is 229 Å². The van der Waals surface area contributed by atoms with Crippen LogP contribution in [0.3, 0.4) is 0 Å². The molecular formula is C26H34N8O6. The van der Waals surface area contributed by atoms with Crippen LogP contribution in [0.2, 0.25) is 0 Å². The number of nitrogens with one attached hydrogen (secondary N) is 5. The molecule has 4 atom stereocenters. The molecule has 0 aliphatic carbocycles. The fourth-order valence-electron chi connectivity index (χ4n) is 4.07. The van der Waals surface area contributed by atoms with Crippen molar-refractivity contribution in [2.75, 3.05) is 0 Å². The van der Waals surface area contributed by atoms with E-state index in [0.717, 1.165) is 16.5 Å². The molecule has 4 amide bonds. The van der Waals surface area contributed by atoms with E-state index in [1.807, 2.05) is 24.3 Å². The van der Waals surface area contributed by atoms with Gasteiger partial charge in [0.15, 0.2) is 0 Å². The number of aromatic amines is 2. The number of H-pyrrole nitrogens is 2. The van der Waals surface area contributed by atoms with Gasteiger partial charge in [0.05, 0.1) is 18.8 Å². The summed E-state index contributed by atoms with van der Waals surface area (Å²) in [7, 11) is 0. The standard InChI is InChI=1S/C26H34N8O6/c1-13(2)22(28)25(38)33-18(7-14-10-30-17-6-4-3-5-16(14)17)23(36)32-19(9-21(27)35)24(37)34-20(26(39)40)8-15-11-29-12-31-15/h3-6,10-13,18-20,22,30H,7-9,28H2,1-2H3,(H2,27,35)(H,29,31)(H,32,36)(H,33,38)(H,34,37)(H,39,40). The van der Waals surface area contributed by atoms with Crippen molar-refractivity contribution in [3.63, 3.8) is 0 Å². The number of rotatable bonds is 14. The number of aromatic nitrogens is 3. The molecule has 0 saturated carbocycles. The van der Waals surface area contributed by atoms with Crippen LogP contribution >= 0.6 is 0 Å². The number of hydrogen-bond acceptors (Lipinski definition) is 7. The van der Waals surface area contributed by atoms with Crippen molar-refractivity contribution in [2.24, 2.45) is 17.4 Å². The van der Waals surface area contributed by atoms with Gasteiger partial charge in [0.2, 0.25) is 23.6 Å². The van der Waals surface area contributed by atoms with Crippen molar-refractivity contribution in [2.45, 2.75) is 57.3 Å². The minimum Gasteiger partial charge on any atom is -0.480 e. The SMILES string of the molecule is CC(C)C(N)C(=O)NC(Cc1c[nH]c2ccccc12)C(=O)NC(CC(N)=O)C(=O)NC(Cc1cnc[nH]1)C(=O)O. The monoisotopic (exact) mass is 554 g/mol. The maximum Gasteiger partial charge on any atom is 0.326 e. The molecule has 214 valence electrons. The smallest absolute Gasteiger partial charge is 0.326 e. The van der Waals surface area contributed by atoms with Crippen LogP contribution < -0.4 is 27.4 Å². The molecule has 3 rings (SSSR count). The summed E-state index contributed by atoms with van der Waals surface area (Å²) in [5, 5.41) is 17.8. The Morgan fingerprint density at radius 1 is 0.925 bits per heavy atom. The van der Waals surface area contributed by atoms with Gasteiger partial charge >= 0.3 is 5.97 Å². The number of fused-ring (bicyclic) bond motifs is 1. The minimum absolute atomic E-state index is 0.0366. The molecule has 0 radical (unpaired) electrons. The Morgan fingerprint density at radius 2 is 1.57 bits per heavy atom. The van der Waals surface area contributed by atoms with Crippen molar-refractivity contribution in [1.82, 2.24) is 30.9 Å². The van der Waals surface area contributed by atoms with E-state index in [0.29, 0.717) is 5.69 Å². The van der Waals surface area contributed by atoms with E-state index >= 15 is 0 Å². The van der Waals surface area contributed by atoms with Crippen LogP contribution in [0.4, 0.5) is 0 Å². The third-order valence-corrected chi connectivity index (χ3v) is 6.38. The normalized spacial score (nSPS) is 14.2. The number of primary amides is 1. The van der Waals surface area contributed by atoms with Gasteiger partial charge in [-0.3, -0.25) is 19.2 Å². The van der Waals surface area contributed by atoms with E-state index in [1.54, 1.807) is 20.0 Å². The highest BCUT2D eigenvalue weighted by Crippen LogP contribution is 2.19. The summed E-state index contributed by atoms with van der Waals surface area (Å²) in [6.07, 6.45) is 3.79. The number of imidazole rings is 1. The van der Waals surface area contributed by atoms with Crippen LogP contribution in [-0.4, -0.2) is 73.8 Å². The number of carbonyl (C=O) groups is 5. The number of nitrogens with two attached hydrogens (primary N) is 2. The highest BCUT2D eigenvalue weighted by atomic mass is 16.4. The van der Waals surface area contributed by atoms with Gasteiger partial charge in [-0.25, -0.2) is 9.78 Å². The number of carboxylic acid groups (broad SMARTS) is 1. The van der Waals surface area contributed by atoms with Gasteiger partial charge in [0.25, 0.3) is 0 Å². The number of amides is 4. The molecule has 0 saturated heterocycles. The topological polar surface area (TPSA) is 238 Å². The number of benzene rings is 1. The maximum absolute atomic E-state index is 13.5. The molecule has 14 heteroatoms. The van der Waals surface area contributed by atoms with Crippen LogP contribution in [0.25, 0.3) is 10.9 Å². The second kappa shape index (κ2) is 13.4. The summed E-state index contributed by atoms with van der Waals surface area (Å²) in [6.45, 7) is 3.52. The minimum atomic E-state index is -1.50. The average Bonchev–Trinajstić information content (AvgIpc) is 3.56. The number of carboxylic acids is 1. The Balaban J connectivity index is 1.82. The van der Waals surface area contributed by atoms with Crippen LogP contribution in [0.15, 0.2) is 43.0 Å². The van der Waals surface area contributed by atoms with Crippen LogP contribution in [-0.2, 0) is 36.8 Å². The summed E-state index contributed by atoms with van der Waals surface area (Å²) in [6, 6.07) is 2.42. The number of carbonyl (C=O) groups excluding carboxylic acids is 4. The van der Waals surface area contributed by atoms with Crippen LogP contribution in [0, 0.1) is 5.92 Å². The van der Waals surface area contributed by atoms with Gasteiger partial charge in [0, 0.05) is 41.8 Å². The zero-order chi connectivity index (χ0) is 29.4. The molecule has 14 nitrogen and oxygen atoms in total. The maximum atomic E-state index is 13.5. The molecule has 2 heterocycles. The Hall–Kier alpha value is -4.72. The number of para-hydroxylation sites is 1. The van der Waals surface area contributed by atoms with Gasteiger partial charge in [-0.1, -0.05) is 32.0 Å². The number of aliphatic carboxylic acids is 1. The first-order valence-electron chi connectivity index (χ1n) is 12.7. The molecular weight excluding hydrogens is 520 g/mol. The van der Waals surface area contributed by atoms with Crippen molar-refractivity contribution >= 4 is 40.5 Å². The molecule has 40 heavy (non-hydrogen) atoms. The Morgan fingerprint density at radius 3 is 2.20 bits per heavy atom. The highest BCUT2D eigenvalue weighted by Gasteiger charge is 2.32. The summed E-state index contributed by atoms with van der Waals surface area (Å²) >= 11 is 0. The molecule has 1 aromatic carbocycles. The fraction of sp³-hybridized carbons (Fsp3) is 0.385. The number of nitrogens with zero attached hydrogens (tertiary/aromatic N) is 1. The largest absolute Gasteiger partial charge is 0.480 e. The van der Waals surface area contributed by atoms with Gasteiger partial charge in [-0.15, -0.1) is 0 Å². The molecule has 4 unspecified atom stereocenters. The van der Waals surface area contributed by atoms with E-state index in [2.05, 4.69) is 30.9 Å². The molecule has 0 bridgehead atoms. The highest BCUT2D eigenvalue weighted by molar-refractivity contribution is 5.96. The van der Waals surface area contributed by atoms with E-state index < -0.39 is 60.2 Å². The molecule has 0 spiro atoms. The molecule has 3 aromatic rings. The lowest BCUT2D eigenvalue weighted by molar-refractivity contribution is -0.142. The second-order valence-electron chi connectivity index (χ2n) is 9.81. The lowest BCUT2D eigenvalue weighted by atomic mass is 10.0. The molecule has 2 aromatic heterocycles. The van der Waals surface area contributed by atoms with Gasteiger partial charge < -0.3 is 42.5 Å². The summed E-state index contributed by atoms with van der Waals surface area (Å²) in [5.74, 6) is -4.74. The zero-order valence-corrected chi connectivity index (χ0v) is 22.1. The summed E-state index contributed by atoms with van der Waals surface area (Å²) < 4.78 is 0. The summed E-state index contributed by atoms with van der Waals surface area (Å²) in [5.41, 5.74) is 13.3. The van der Waals surface area contributed by atoms with Crippen molar-refractivity contribution in [1.29, 1.82) is 0 Å². The Kier molecular flexibility index (Phi) is 9.97. The molecule has 0 aliphatic rings. The predicted molar refractivity (Wildman–Crippen MR) is 144 cm³/mol. The lowest BCUT2D eigenvalue weighted by Crippen LogP contribution is -2.58. The first kappa shape index (κ1) is 29.8. The zero-order valence-electron chi connectivity index (χ0n) is 22.1. The number of hydrogen-bond donors (Lipinski definition) is 8. The second-order valence-corrected chi connectivity index (χ2v) is 9.81.